The molecule has 0 radical (unpaired) electrons. The average Bonchev–Trinajstić information content (AvgIpc) is 2.36. The van der Waals surface area contributed by atoms with E-state index in [1.165, 1.54) is 12.8 Å². The first-order chi connectivity index (χ1) is 8.01. The van der Waals surface area contributed by atoms with Gasteiger partial charge in [0.2, 0.25) is 0 Å². The van der Waals surface area contributed by atoms with Crippen LogP contribution in [0, 0.1) is 5.92 Å². The minimum Gasteiger partial charge on any atom is -0.369 e. The summed E-state index contributed by atoms with van der Waals surface area (Å²) in [6.07, 6.45) is 2.42. The smallest absolute Gasteiger partial charge is 0.254 e. The van der Waals surface area contributed by atoms with Gasteiger partial charge in [-0.05, 0) is 52.6 Å². The zero-order valence-corrected chi connectivity index (χ0v) is 11.6. The highest BCUT2D eigenvalue weighted by Crippen LogP contribution is 2.16. The molecule has 1 atom stereocenters. The molecule has 0 saturated carbocycles. The van der Waals surface area contributed by atoms with Crippen molar-refractivity contribution in [2.24, 2.45) is 5.92 Å². The highest BCUT2D eigenvalue weighted by Gasteiger charge is 2.32. The van der Waals surface area contributed by atoms with Gasteiger partial charge in [0.05, 0.1) is 0 Å². The van der Waals surface area contributed by atoms with Crippen LogP contribution in [0.25, 0.3) is 0 Å². The van der Waals surface area contributed by atoms with E-state index >= 15 is 0 Å². The number of hydrogen-bond acceptors (Lipinski definition) is 3. The van der Waals surface area contributed by atoms with E-state index in [-0.39, 0.29) is 5.91 Å². The lowest BCUT2D eigenvalue weighted by Gasteiger charge is -2.34. The number of hydrogen-bond donors (Lipinski definition) is 1. The number of rotatable bonds is 5. The lowest BCUT2D eigenvalue weighted by molar-refractivity contribution is -0.151. The number of carbonyl (C=O) groups excluding carboxylic acids is 1. The summed E-state index contributed by atoms with van der Waals surface area (Å²) in [7, 11) is 1.59. The number of likely N-dealkylation sites (N-methyl/N-ethyl adjacent to an activating group) is 1. The van der Waals surface area contributed by atoms with Crippen molar-refractivity contribution in [1.82, 2.24) is 10.2 Å². The van der Waals surface area contributed by atoms with Crippen molar-refractivity contribution in [1.29, 1.82) is 0 Å². The lowest BCUT2D eigenvalue weighted by atomic mass is 9.98. The van der Waals surface area contributed by atoms with Gasteiger partial charge >= 0.3 is 0 Å². The van der Waals surface area contributed by atoms with E-state index < -0.39 is 5.60 Å². The SMILES string of the molecule is CCN(CC1CCCNC1)C(=O)C(C)(C)OC. The zero-order valence-electron chi connectivity index (χ0n) is 11.6. The van der Waals surface area contributed by atoms with Gasteiger partial charge in [-0.25, -0.2) is 0 Å². The predicted molar refractivity (Wildman–Crippen MR) is 68.9 cm³/mol. The second-order valence-electron chi connectivity index (χ2n) is 5.27. The second kappa shape index (κ2) is 6.36. The number of ether oxygens (including phenoxy) is 1. The Hall–Kier alpha value is -0.610. The summed E-state index contributed by atoms with van der Waals surface area (Å²) >= 11 is 0. The van der Waals surface area contributed by atoms with Gasteiger partial charge < -0.3 is 15.0 Å². The fourth-order valence-corrected chi connectivity index (χ4v) is 2.22. The van der Waals surface area contributed by atoms with Crippen LogP contribution in [0.3, 0.4) is 0 Å². The number of piperidine rings is 1. The van der Waals surface area contributed by atoms with Crippen molar-refractivity contribution in [2.75, 3.05) is 33.3 Å². The Balaban J connectivity index is 2.55. The lowest BCUT2D eigenvalue weighted by Crippen LogP contribution is -2.49. The zero-order chi connectivity index (χ0) is 12.9. The number of nitrogens with one attached hydrogen (secondary N) is 1. The van der Waals surface area contributed by atoms with Gasteiger partial charge in [0.25, 0.3) is 5.91 Å². The second-order valence-corrected chi connectivity index (χ2v) is 5.27. The molecular formula is C13H26N2O2. The highest BCUT2D eigenvalue weighted by atomic mass is 16.5. The first-order valence-corrected chi connectivity index (χ1v) is 6.56. The fourth-order valence-electron chi connectivity index (χ4n) is 2.22. The van der Waals surface area contributed by atoms with Crippen LogP contribution in [0.4, 0.5) is 0 Å². The van der Waals surface area contributed by atoms with Crippen LogP contribution in [-0.2, 0) is 9.53 Å². The summed E-state index contributed by atoms with van der Waals surface area (Å²) in [6.45, 7) is 9.42. The van der Waals surface area contributed by atoms with Crippen LogP contribution in [-0.4, -0.2) is 49.7 Å². The van der Waals surface area contributed by atoms with E-state index in [4.69, 9.17) is 4.74 Å². The maximum absolute atomic E-state index is 12.3. The first-order valence-electron chi connectivity index (χ1n) is 6.56. The van der Waals surface area contributed by atoms with Crippen molar-refractivity contribution in [2.45, 2.75) is 39.2 Å². The van der Waals surface area contributed by atoms with Crippen molar-refractivity contribution < 1.29 is 9.53 Å². The molecule has 1 N–H and O–H groups in total. The number of methoxy groups -OCH3 is 1. The predicted octanol–water partition coefficient (Wildman–Crippen LogP) is 1.26. The summed E-state index contributed by atoms with van der Waals surface area (Å²) < 4.78 is 5.26. The Morgan fingerprint density at radius 3 is 2.71 bits per heavy atom. The molecule has 0 aliphatic carbocycles. The standard InChI is InChI=1S/C13H26N2O2/c1-5-15(12(16)13(2,3)17-4)10-11-7-6-8-14-9-11/h11,14H,5-10H2,1-4H3. The summed E-state index contributed by atoms with van der Waals surface area (Å²) in [5, 5.41) is 3.39. The highest BCUT2D eigenvalue weighted by molar-refractivity contribution is 5.84. The van der Waals surface area contributed by atoms with E-state index in [1.807, 2.05) is 25.7 Å². The number of nitrogens with zero attached hydrogens (tertiary/aromatic N) is 1. The van der Waals surface area contributed by atoms with Crippen molar-refractivity contribution >= 4 is 5.91 Å². The Bertz CT molecular complexity index is 248. The largest absolute Gasteiger partial charge is 0.369 e. The summed E-state index contributed by atoms with van der Waals surface area (Å²) in [5.41, 5.74) is -0.710. The summed E-state index contributed by atoms with van der Waals surface area (Å²) in [6, 6.07) is 0. The fraction of sp³-hybridized carbons (Fsp3) is 0.923. The molecule has 1 rings (SSSR count). The van der Waals surface area contributed by atoms with Crippen molar-refractivity contribution in [3.63, 3.8) is 0 Å². The van der Waals surface area contributed by atoms with Crippen molar-refractivity contribution in [3.05, 3.63) is 0 Å². The molecule has 1 unspecified atom stereocenters. The first kappa shape index (κ1) is 14.5. The molecular weight excluding hydrogens is 216 g/mol. The Morgan fingerprint density at radius 2 is 2.24 bits per heavy atom. The maximum atomic E-state index is 12.3. The third kappa shape index (κ3) is 3.96. The van der Waals surface area contributed by atoms with Crippen LogP contribution in [0.1, 0.15) is 33.6 Å². The molecule has 0 aromatic carbocycles. The Morgan fingerprint density at radius 1 is 1.53 bits per heavy atom. The Labute approximate surface area is 105 Å². The molecule has 1 fully saturated rings. The van der Waals surface area contributed by atoms with E-state index in [9.17, 15) is 4.79 Å². The number of carbonyl (C=O) groups is 1. The Kier molecular flexibility index (Phi) is 5.40. The summed E-state index contributed by atoms with van der Waals surface area (Å²) in [5.74, 6) is 0.674. The quantitative estimate of drug-likeness (QED) is 0.789. The van der Waals surface area contributed by atoms with E-state index in [2.05, 4.69) is 5.32 Å². The van der Waals surface area contributed by atoms with Crippen LogP contribution >= 0.6 is 0 Å². The molecule has 0 aromatic heterocycles. The van der Waals surface area contributed by atoms with Gasteiger partial charge in [-0.15, -0.1) is 0 Å². The van der Waals surface area contributed by atoms with Gasteiger partial charge in [0.1, 0.15) is 5.60 Å². The topological polar surface area (TPSA) is 41.6 Å². The van der Waals surface area contributed by atoms with E-state index in [0.29, 0.717) is 5.92 Å². The monoisotopic (exact) mass is 242 g/mol. The van der Waals surface area contributed by atoms with E-state index in [1.54, 1.807) is 7.11 Å². The molecule has 4 nitrogen and oxygen atoms in total. The van der Waals surface area contributed by atoms with Gasteiger partial charge in [-0.2, -0.15) is 0 Å². The van der Waals surface area contributed by atoms with Gasteiger partial charge in [-0.1, -0.05) is 0 Å². The molecule has 100 valence electrons. The molecule has 0 aromatic rings. The van der Waals surface area contributed by atoms with Crippen LogP contribution in [0.15, 0.2) is 0 Å². The molecule has 1 aliphatic heterocycles. The molecule has 1 amide bonds. The molecule has 1 heterocycles. The van der Waals surface area contributed by atoms with E-state index in [0.717, 1.165) is 26.2 Å². The molecule has 1 saturated heterocycles. The molecule has 4 heteroatoms. The third-order valence-corrected chi connectivity index (χ3v) is 3.57. The van der Waals surface area contributed by atoms with Gasteiger partial charge in [0, 0.05) is 20.2 Å². The van der Waals surface area contributed by atoms with Crippen LogP contribution in [0.5, 0.6) is 0 Å². The van der Waals surface area contributed by atoms with Gasteiger partial charge in [-0.3, -0.25) is 4.79 Å². The molecule has 0 bridgehead atoms. The molecule has 1 aliphatic rings. The maximum Gasteiger partial charge on any atom is 0.254 e. The normalized spacial score (nSPS) is 21.3. The van der Waals surface area contributed by atoms with Crippen molar-refractivity contribution in [3.8, 4) is 0 Å². The van der Waals surface area contributed by atoms with Crippen LogP contribution in [0.2, 0.25) is 0 Å². The molecule has 17 heavy (non-hydrogen) atoms. The minimum absolute atomic E-state index is 0.0908. The third-order valence-electron chi connectivity index (χ3n) is 3.57. The molecule has 0 spiro atoms. The minimum atomic E-state index is -0.710. The average molecular weight is 242 g/mol. The summed E-state index contributed by atoms with van der Waals surface area (Å²) in [4.78, 5) is 14.2. The van der Waals surface area contributed by atoms with Crippen LogP contribution < -0.4 is 5.32 Å². The number of amides is 1. The van der Waals surface area contributed by atoms with Gasteiger partial charge in [0.15, 0.2) is 0 Å².